The third-order valence-corrected chi connectivity index (χ3v) is 15.2. The summed E-state index contributed by atoms with van der Waals surface area (Å²) >= 11 is 0. The van der Waals surface area contributed by atoms with Crippen molar-refractivity contribution in [3.8, 4) is 0 Å². The van der Waals surface area contributed by atoms with Crippen LogP contribution in [0.3, 0.4) is 0 Å². The van der Waals surface area contributed by atoms with E-state index in [0.29, 0.717) is 64.3 Å². The lowest BCUT2D eigenvalue weighted by molar-refractivity contribution is -0.150. The van der Waals surface area contributed by atoms with Crippen molar-refractivity contribution >= 4 is 46.8 Å². The molecule has 14 heteroatoms. The maximum Gasteiger partial charge on any atom is 0.307 e. The number of unbranched alkanes of at least 4 members (excludes halogenated alkanes) is 2. The molecule has 1 aromatic carbocycles. The number of carbonyl (C=O) groups excluding carboxylic acids is 7. The summed E-state index contributed by atoms with van der Waals surface area (Å²) in [6, 6.07) is 7.52. The molecule has 3 amide bonds. The minimum absolute atomic E-state index is 0.0280. The number of carbonyl (C=O) groups is 8. The number of likely N-dealkylation sites (tertiary alicyclic amines) is 1. The molecule has 0 bridgehead atoms. The highest BCUT2D eigenvalue weighted by atomic mass is 16.5. The molecule has 0 spiro atoms. The Kier molecular flexibility index (Phi) is 23.7. The number of hydrogen-bond donors (Lipinski definition) is 1. The molecule has 1 N–H and O–H groups in total. The van der Waals surface area contributed by atoms with E-state index in [1.807, 2.05) is 78.8 Å². The van der Waals surface area contributed by atoms with Crippen LogP contribution < -0.4 is 0 Å². The second-order valence-electron chi connectivity index (χ2n) is 20.5. The molecule has 2 unspecified atom stereocenters. The zero-order valence-corrected chi connectivity index (χ0v) is 43.4. The Hall–Kier alpha value is -4.30. The van der Waals surface area contributed by atoms with Crippen LogP contribution in [0, 0.1) is 47.3 Å². The van der Waals surface area contributed by atoms with Gasteiger partial charge < -0.3 is 29.3 Å². The number of ketones is 4. The summed E-state index contributed by atoms with van der Waals surface area (Å²) in [5, 5.41) is 10.0. The first-order valence-corrected chi connectivity index (χ1v) is 25.4. The van der Waals surface area contributed by atoms with Crippen molar-refractivity contribution in [1.82, 2.24) is 14.7 Å². The summed E-state index contributed by atoms with van der Waals surface area (Å²) in [5.74, 6) is -5.53. The molecule has 1 saturated carbocycles. The molecule has 68 heavy (non-hydrogen) atoms. The number of benzene rings is 1. The highest BCUT2D eigenvalue weighted by Crippen LogP contribution is 2.33. The molecule has 0 radical (unpaired) electrons. The molecule has 1 aromatic rings. The van der Waals surface area contributed by atoms with Gasteiger partial charge in [-0.2, -0.15) is 0 Å². The number of aliphatic carboxylic acids is 1. The van der Waals surface area contributed by atoms with Gasteiger partial charge in [-0.05, 0) is 61.8 Å². The van der Waals surface area contributed by atoms with E-state index in [1.54, 1.807) is 30.8 Å². The summed E-state index contributed by atoms with van der Waals surface area (Å²) in [6.45, 7) is 15.7. The Morgan fingerprint density at radius 3 is 2.03 bits per heavy atom. The fraction of sp³-hybridized carbons (Fsp3) is 0.741. The Morgan fingerprint density at radius 1 is 0.824 bits per heavy atom. The third kappa shape index (κ3) is 15.3. The average molecular weight is 952 g/mol. The van der Waals surface area contributed by atoms with E-state index in [2.05, 4.69) is 0 Å². The molecule has 1 heterocycles. The van der Waals surface area contributed by atoms with Crippen molar-refractivity contribution < 1.29 is 52.9 Å². The third-order valence-electron chi connectivity index (χ3n) is 15.2. The van der Waals surface area contributed by atoms with Crippen LogP contribution in [0.2, 0.25) is 0 Å². The topological polar surface area (TPSA) is 185 Å². The lowest BCUT2D eigenvalue weighted by Crippen LogP contribution is -2.54. The van der Waals surface area contributed by atoms with Crippen molar-refractivity contribution in [2.45, 2.75) is 176 Å². The Bertz CT molecular complexity index is 1850. The second-order valence-corrected chi connectivity index (χ2v) is 20.5. The monoisotopic (exact) mass is 952 g/mol. The van der Waals surface area contributed by atoms with Gasteiger partial charge in [-0.15, -0.1) is 0 Å². The Morgan fingerprint density at radius 2 is 1.49 bits per heavy atom. The van der Waals surface area contributed by atoms with Crippen LogP contribution in [0.5, 0.6) is 0 Å². The smallest absolute Gasteiger partial charge is 0.307 e. The number of ether oxygens (including phenoxy) is 2. The number of hydrogen-bond acceptors (Lipinski definition) is 10. The summed E-state index contributed by atoms with van der Waals surface area (Å²) < 4.78 is 12.0. The van der Waals surface area contributed by atoms with Crippen molar-refractivity contribution in [3.63, 3.8) is 0 Å². The molecular formula is C54H85N3O11. The van der Waals surface area contributed by atoms with Gasteiger partial charge in [0.15, 0.2) is 5.78 Å². The Labute approximate surface area is 407 Å². The maximum absolute atomic E-state index is 14.7. The highest BCUT2D eigenvalue weighted by molar-refractivity contribution is 6.09. The van der Waals surface area contributed by atoms with Gasteiger partial charge in [0.2, 0.25) is 17.7 Å². The van der Waals surface area contributed by atoms with Gasteiger partial charge in [-0.25, -0.2) is 0 Å². The second kappa shape index (κ2) is 27.8. The fourth-order valence-corrected chi connectivity index (χ4v) is 10.9. The van der Waals surface area contributed by atoms with Gasteiger partial charge in [0.05, 0.1) is 48.6 Å². The standard InChI is InChI=1S/C54H85N3O11/c1-13-35(7)50(46(67-11)32-48(62)57-27-21-25-42(57)52(68-12)36(8)43(58)30-39(54(65)66)28-37-22-17-15-18-23-37)56(10)53(64)41(33(3)4)31-45(60)49(34(5)6)55(9)47(61)26-20-16-19-24-40-44(59)29-38(14-2)51(40)63/h15,17-18,22-23,33-36,38-42,46,49-50,52H,13-14,16,19-21,24-32H2,1-12H3,(H,65,66)/t35-,36-,38?,39+,40?,41-,42-,46+,49-,50-,52+/m0/s1. The normalized spacial score (nSPS) is 21.0. The van der Waals surface area contributed by atoms with Crippen molar-refractivity contribution in [1.29, 1.82) is 0 Å². The first-order chi connectivity index (χ1) is 32.1. The lowest BCUT2D eigenvalue weighted by atomic mass is 9.83. The Balaban J connectivity index is 1.70. The van der Waals surface area contributed by atoms with E-state index in [0.717, 1.165) is 5.56 Å². The summed E-state index contributed by atoms with van der Waals surface area (Å²) in [4.78, 5) is 113. The van der Waals surface area contributed by atoms with Gasteiger partial charge >= 0.3 is 5.97 Å². The van der Waals surface area contributed by atoms with E-state index in [4.69, 9.17) is 9.47 Å². The minimum atomic E-state index is -1.04. The van der Waals surface area contributed by atoms with Gasteiger partial charge in [0.25, 0.3) is 0 Å². The molecule has 1 saturated heterocycles. The maximum atomic E-state index is 14.7. The number of amides is 3. The zero-order chi connectivity index (χ0) is 51.0. The first-order valence-electron chi connectivity index (χ1n) is 25.4. The average Bonchev–Trinajstić information content (AvgIpc) is 3.90. The van der Waals surface area contributed by atoms with Crippen LogP contribution >= 0.6 is 0 Å². The largest absolute Gasteiger partial charge is 0.481 e. The summed E-state index contributed by atoms with van der Waals surface area (Å²) in [7, 11) is 6.39. The highest BCUT2D eigenvalue weighted by Gasteiger charge is 2.44. The molecule has 1 aliphatic carbocycles. The SMILES string of the molecule is CCC1CC(=O)C(CCCCCC(=O)N(C)[C@H](C(=O)C[C@H](C(=O)N(C)[C@@H]([C@@H](C)CC)[C@@H](CC(=O)N2CCC[C@H]2[C@H](OC)[C@@H](C)C(=O)C[C@@H](Cc2ccccc2)C(=O)O)OC)C(C)C)C(C)C)C1=O. The predicted molar refractivity (Wildman–Crippen MR) is 261 cm³/mol. The molecule has 1 aliphatic heterocycles. The molecule has 11 atom stereocenters. The zero-order valence-electron chi connectivity index (χ0n) is 43.4. The van der Waals surface area contributed by atoms with Gasteiger partial charge in [0.1, 0.15) is 17.3 Å². The van der Waals surface area contributed by atoms with Gasteiger partial charge in [-0.1, -0.05) is 105 Å². The van der Waals surface area contributed by atoms with Crippen LogP contribution in [-0.4, -0.2) is 132 Å². The molecule has 382 valence electrons. The molecule has 3 rings (SSSR count). The van der Waals surface area contributed by atoms with Crippen LogP contribution in [0.25, 0.3) is 0 Å². The molecular weight excluding hydrogens is 867 g/mol. The number of nitrogens with zero attached hydrogens (tertiary/aromatic N) is 3. The number of carboxylic acids is 1. The number of rotatable bonds is 30. The number of likely N-dealkylation sites (N-methyl/N-ethyl adjacent to an activating group) is 2. The van der Waals surface area contributed by atoms with Crippen LogP contribution in [0.4, 0.5) is 0 Å². The predicted octanol–water partition coefficient (Wildman–Crippen LogP) is 7.66. The molecule has 2 aliphatic rings. The van der Waals surface area contributed by atoms with E-state index in [1.165, 1.54) is 19.1 Å². The fourth-order valence-electron chi connectivity index (χ4n) is 10.9. The minimum Gasteiger partial charge on any atom is -0.481 e. The van der Waals surface area contributed by atoms with E-state index >= 15 is 0 Å². The van der Waals surface area contributed by atoms with E-state index in [-0.39, 0.29) is 96.6 Å². The number of Topliss-reactive ketones (excluding diaryl/α,β-unsaturated/α-hetero) is 4. The lowest BCUT2D eigenvalue weighted by Gasteiger charge is -2.41. The summed E-state index contributed by atoms with van der Waals surface area (Å²) in [5.41, 5.74) is 0.831. The van der Waals surface area contributed by atoms with E-state index in [9.17, 15) is 43.5 Å². The van der Waals surface area contributed by atoms with Crippen LogP contribution in [0.1, 0.15) is 144 Å². The van der Waals surface area contributed by atoms with Gasteiger partial charge in [0, 0.05) is 78.3 Å². The van der Waals surface area contributed by atoms with Crippen molar-refractivity contribution in [2.24, 2.45) is 47.3 Å². The van der Waals surface area contributed by atoms with Crippen LogP contribution in [-0.2, 0) is 54.3 Å². The van der Waals surface area contributed by atoms with Crippen molar-refractivity contribution in [3.05, 3.63) is 35.9 Å². The number of carboxylic acid groups (broad SMARTS) is 1. The quantitative estimate of drug-likeness (QED) is 0.0590. The molecule has 2 fully saturated rings. The number of methoxy groups -OCH3 is 2. The molecule has 0 aromatic heterocycles. The molecule has 14 nitrogen and oxygen atoms in total. The summed E-state index contributed by atoms with van der Waals surface area (Å²) in [6.07, 6.45) is 4.24. The first kappa shape index (κ1) is 58.0. The van der Waals surface area contributed by atoms with E-state index < -0.39 is 60.0 Å². The van der Waals surface area contributed by atoms with Gasteiger partial charge in [-0.3, -0.25) is 38.4 Å². The van der Waals surface area contributed by atoms with Crippen LogP contribution in [0.15, 0.2) is 30.3 Å². The van der Waals surface area contributed by atoms with Crippen molar-refractivity contribution in [2.75, 3.05) is 34.9 Å².